The predicted octanol–water partition coefficient (Wildman–Crippen LogP) is 4.94. The van der Waals surface area contributed by atoms with E-state index in [2.05, 4.69) is 21.2 Å². The number of nitrogens with zero attached hydrogens (tertiary/aromatic N) is 2. The lowest BCUT2D eigenvalue weighted by molar-refractivity contribution is -0.140. The van der Waals surface area contributed by atoms with E-state index in [0.29, 0.717) is 12.1 Å². The molecule has 0 radical (unpaired) electrons. The highest BCUT2D eigenvalue weighted by Crippen LogP contribution is 2.25. The Balaban J connectivity index is 2.20. The molecule has 0 saturated carbocycles. The van der Waals surface area contributed by atoms with Crippen molar-refractivity contribution in [1.82, 2.24) is 10.2 Å². The lowest BCUT2D eigenvalue weighted by Crippen LogP contribution is -2.49. The monoisotopic (exact) mass is 579 g/mol. The van der Waals surface area contributed by atoms with Crippen LogP contribution in [0.4, 0.5) is 5.69 Å². The number of hydrogen-bond donors (Lipinski definition) is 1. The largest absolute Gasteiger partial charge is 0.352 e. The third-order valence-corrected chi connectivity index (χ3v) is 7.93. The lowest BCUT2D eigenvalue weighted by atomic mass is 10.1. The average molecular weight is 581 g/mol. The highest BCUT2D eigenvalue weighted by molar-refractivity contribution is 9.10. The number of sulfonamides is 1. The summed E-state index contributed by atoms with van der Waals surface area (Å²) in [5.41, 5.74) is 3.34. The molecule has 0 aliphatic rings. The van der Waals surface area contributed by atoms with Crippen molar-refractivity contribution >= 4 is 43.5 Å². The molecule has 0 saturated heterocycles. The van der Waals surface area contributed by atoms with Crippen LogP contribution in [-0.2, 0) is 26.2 Å². The Morgan fingerprint density at radius 3 is 2.28 bits per heavy atom. The molecule has 0 heterocycles. The fraction of sp³-hybridized carbons (Fsp3) is 0.481. The maximum absolute atomic E-state index is 13.4. The maximum atomic E-state index is 13.4. The van der Waals surface area contributed by atoms with E-state index in [-0.39, 0.29) is 37.4 Å². The van der Waals surface area contributed by atoms with Gasteiger partial charge < -0.3 is 10.2 Å². The summed E-state index contributed by atoms with van der Waals surface area (Å²) in [6.07, 6.45) is 2.42. The highest BCUT2D eigenvalue weighted by atomic mass is 79.9. The van der Waals surface area contributed by atoms with Crippen LogP contribution in [-0.4, -0.2) is 50.0 Å². The molecule has 2 aromatic carbocycles. The SMILES string of the molecule is CC[C@@H](C)NC(=O)[C@@H](C)N(Cc1ccc(Br)cc1)C(=O)CCCN(c1cc(C)ccc1C)S(C)(=O)=O. The van der Waals surface area contributed by atoms with Crippen LogP contribution in [0.5, 0.6) is 0 Å². The van der Waals surface area contributed by atoms with Gasteiger partial charge in [0.1, 0.15) is 6.04 Å². The van der Waals surface area contributed by atoms with Gasteiger partial charge in [0.25, 0.3) is 0 Å². The summed E-state index contributed by atoms with van der Waals surface area (Å²) in [7, 11) is -3.53. The fourth-order valence-electron chi connectivity index (χ4n) is 3.81. The maximum Gasteiger partial charge on any atom is 0.242 e. The van der Waals surface area contributed by atoms with Gasteiger partial charge in [0.2, 0.25) is 21.8 Å². The second kappa shape index (κ2) is 13.2. The van der Waals surface area contributed by atoms with Gasteiger partial charge >= 0.3 is 0 Å². The van der Waals surface area contributed by atoms with Gasteiger partial charge in [-0.25, -0.2) is 8.42 Å². The van der Waals surface area contributed by atoms with E-state index in [0.717, 1.165) is 27.6 Å². The Kier molecular flexibility index (Phi) is 11.0. The molecule has 0 aliphatic carbocycles. The number of carbonyl (C=O) groups is 2. The Labute approximate surface area is 224 Å². The van der Waals surface area contributed by atoms with Gasteiger partial charge in [-0.3, -0.25) is 13.9 Å². The van der Waals surface area contributed by atoms with Gasteiger partial charge in [-0.15, -0.1) is 0 Å². The third-order valence-electron chi connectivity index (χ3n) is 6.22. The molecule has 2 atom stereocenters. The molecule has 2 rings (SSSR count). The molecule has 2 aromatic rings. The molecule has 198 valence electrons. The second-order valence-corrected chi connectivity index (χ2v) is 12.2. The average Bonchev–Trinajstić information content (AvgIpc) is 2.81. The van der Waals surface area contributed by atoms with Gasteiger partial charge in [0.05, 0.1) is 11.9 Å². The normalized spacial score (nSPS) is 13.1. The number of carbonyl (C=O) groups excluding carboxylic acids is 2. The molecule has 0 unspecified atom stereocenters. The van der Waals surface area contributed by atoms with Crippen molar-refractivity contribution in [1.29, 1.82) is 0 Å². The van der Waals surface area contributed by atoms with Gasteiger partial charge in [0, 0.05) is 30.0 Å². The number of anilines is 1. The quantitative estimate of drug-likeness (QED) is 0.385. The van der Waals surface area contributed by atoms with E-state index in [9.17, 15) is 18.0 Å². The van der Waals surface area contributed by atoms with Crippen LogP contribution in [0.2, 0.25) is 0 Å². The summed E-state index contributed by atoms with van der Waals surface area (Å²) in [5.74, 6) is -0.401. The summed E-state index contributed by atoms with van der Waals surface area (Å²) < 4.78 is 27.4. The second-order valence-electron chi connectivity index (χ2n) is 9.37. The van der Waals surface area contributed by atoms with Crippen molar-refractivity contribution in [3.05, 3.63) is 63.6 Å². The number of amides is 2. The molecule has 0 aromatic heterocycles. The number of aryl methyl sites for hydroxylation is 2. The number of hydrogen-bond acceptors (Lipinski definition) is 4. The van der Waals surface area contributed by atoms with Crippen LogP contribution >= 0.6 is 15.9 Å². The highest BCUT2D eigenvalue weighted by Gasteiger charge is 2.27. The molecule has 0 spiro atoms. The lowest BCUT2D eigenvalue weighted by Gasteiger charge is -2.30. The first-order chi connectivity index (χ1) is 16.8. The zero-order chi connectivity index (χ0) is 27.0. The molecule has 7 nitrogen and oxygen atoms in total. The van der Waals surface area contributed by atoms with Crippen LogP contribution in [0.15, 0.2) is 46.9 Å². The minimum atomic E-state index is -3.53. The van der Waals surface area contributed by atoms with E-state index in [4.69, 9.17) is 0 Å². The molecule has 36 heavy (non-hydrogen) atoms. The van der Waals surface area contributed by atoms with Crippen molar-refractivity contribution in [2.45, 2.75) is 72.5 Å². The van der Waals surface area contributed by atoms with Gasteiger partial charge in [-0.2, -0.15) is 0 Å². The van der Waals surface area contributed by atoms with Crippen molar-refractivity contribution in [2.24, 2.45) is 0 Å². The van der Waals surface area contributed by atoms with Crippen LogP contribution in [0.25, 0.3) is 0 Å². The third kappa shape index (κ3) is 8.62. The summed E-state index contributed by atoms with van der Waals surface area (Å²) in [6, 6.07) is 12.6. The summed E-state index contributed by atoms with van der Waals surface area (Å²) in [4.78, 5) is 27.8. The fourth-order valence-corrected chi connectivity index (χ4v) is 5.08. The molecule has 0 aliphatic heterocycles. The minimum absolute atomic E-state index is 0.00507. The van der Waals surface area contributed by atoms with E-state index >= 15 is 0 Å². The molecule has 9 heteroatoms. The summed E-state index contributed by atoms with van der Waals surface area (Å²) >= 11 is 3.42. The Morgan fingerprint density at radius 1 is 1.06 bits per heavy atom. The molecular formula is C27H38BrN3O4S. The molecule has 2 amide bonds. The van der Waals surface area contributed by atoms with E-state index in [1.165, 1.54) is 10.6 Å². The van der Waals surface area contributed by atoms with E-state index in [1.54, 1.807) is 11.8 Å². The Bertz CT molecular complexity index is 1150. The van der Waals surface area contributed by atoms with Crippen molar-refractivity contribution in [3.63, 3.8) is 0 Å². The van der Waals surface area contributed by atoms with Crippen molar-refractivity contribution < 1.29 is 18.0 Å². The van der Waals surface area contributed by atoms with Crippen LogP contribution < -0.4 is 9.62 Å². The Hall–Kier alpha value is -2.39. The molecular weight excluding hydrogens is 542 g/mol. The van der Waals surface area contributed by atoms with Gasteiger partial charge in [0.15, 0.2) is 0 Å². The number of rotatable bonds is 12. The minimum Gasteiger partial charge on any atom is -0.352 e. The topological polar surface area (TPSA) is 86.8 Å². The number of nitrogens with one attached hydrogen (secondary N) is 1. The van der Waals surface area contributed by atoms with Crippen LogP contribution in [0, 0.1) is 13.8 Å². The zero-order valence-corrected chi connectivity index (χ0v) is 24.4. The van der Waals surface area contributed by atoms with E-state index in [1.807, 2.05) is 70.2 Å². The summed E-state index contributed by atoms with van der Waals surface area (Å²) in [5, 5.41) is 2.96. The Morgan fingerprint density at radius 2 is 1.69 bits per heavy atom. The first-order valence-corrected chi connectivity index (χ1v) is 14.9. The zero-order valence-electron chi connectivity index (χ0n) is 22.0. The van der Waals surface area contributed by atoms with Crippen molar-refractivity contribution in [2.75, 3.05) is 17.1 Å². The molecule has 0 bridgehead atoms. The van der Waals surface area contributed by atoms with Crippen LogP contribution in [0.3, 0.4) is 0 Å². The van der Waals surface area contributed by atoms with E-state index < -0.39 is 16.1 Å². The number of benzene rings is 2. The number of halogens is 1. The molecule has 1 N–H and O–H groups in total. The smallest absolute Gasteiger partial charge is 0.242 e. The van der Waals surface area contributed by atoms with Crippen molar-refractivity contribution in [3.8, 4) is 0 Å². The first-order valence-electron chi connectivity index (χ1n) is 12.2. The first kappa shape index (κ1) is 29.8. The summed E-state index contributed by atoms with van der Waals surface area (Å²) in [6.45, 7) is 9.90. The van der Waals surface area contributed by atoms with Crippen LogP contribution in [0.1, 0.15) is 56.7 Å². The van der Waals surface area contributed by atoms with Gasteiger partial charge in [-0.1, -0.05) is 47.1 Å². The van der Waals surface area contributed by atoms with Gasteiger partial charge in [-0.05, 0) is 75.4 Å². The standard InChI is InChI=1S/C27H38BrN3O4S/c1-7-21(4)29-27(33)22(5)30(18-23-12-14-24(28)15-13-23)26(32)9-8-16-31(36(6,34)35)25-17-19(2)10-11-20(25)3/h10-15,17,21-22H,7-9,16,18H2,1-6H3,(H,29,33)/t21-,22-/m1/s1. The predicted molar refractivity (Wildman–Crippen MR) is 149 cm³/mol. The molecule has 0 fully saturated rings.